The summed E-state index contributed by atoms with van der Waals surface area (Å²) in [7, 11) is 0. The molecule has 3 nitrogen and oxygen atoms in total. The smallest absolute Gasteiger partial charge is 0.220 e. The standard InChI is InChI=1S/C14H22N2O/c1-11-4-6-12(7-5-11)9-16-13(17)8-14(2,3)10-15/h4-7H,8-10,15H2,1-3H3,(H,16,17). The van der Waals surface area contributed by atoms with Crippen molar-refractivity contribution in [1.29, 1.82) is 0 Å². The third-order valence-corrected chi connectivity index (χ3v) is 2.80. The third-order valence-electron chi connectivity index (χ3n) is 2.80. The van der Waals surface area contributed by atoms with Crippen LogP contribution in [0.3, 0.4) is 0 Å². The number of carbonyl (C=O) groups excluding carboxylic acids is 1. The molecule has 0 bridgehead atoms. The molecule has 1 rings (SSSR count). The average Bonchev–Trinajstić information content (AvgIpc) is 2.28. The molecule has 94 valence electrons. The van der Waals surface area contributed by atoms with Crippen molar-refractivity contribution in [3.05, 3.63) is 35.4 Å². The van der Waals surface area contributed by atoms with E-state index < -0.39 is 0 Å². The summed E-state index contributed by atoms with van der Waals surface area (Å²) in [5.74, 6) is 0.0565. The summed E-state index contributed by atoms with van der Waals surface area (Å²) >= 11 is 0. The number of hydrogen-bond acceptors (Lipinski definition) is 2. The van der Waals surface area contributed by atoms with Gasteiger partial charge >= 0.3 is 0 Å². The summed E-state index contributed by atoms with van der Waals surface area (Å²) in [5.41, 5.74) is 7.82. The minimum absolute atomic E-state index is 0.0565. The van der Waals surface area contributed by atoms with Gasteiger partial charge in [-0.1, -0.05) is 43.7 Å². The van der Waals surface area contributed by atoms with E-state index in [4.69, 9.17) is 5.73 Å². The highest BCUT2D eigenvalue weighted by atomic mass is 16.1. The van der Waals surface area contributed by atoms with Crippen molar-refractivity contribution in [2.45, 2.75) is 33.7 Å². The van der Waals surface area contributed by atoms with Crippen molar-refractivity contribution in [2.24, 2.45) is 11.1 Å². The van der Waals surface area contributed by atoms with Crippen LogP contribution in [0.2, 0.25) is 0 Å². The Bertz CT molecular complexity index is 368. The minimum Gasteiger partial charge on any atom is -0.352 e. The molecule has 0 aliphatic carbocycles. The van der Waals surface area contributed by atoms with Crippen LogP contribution in [0.5, 0.6) is 0 Å². The lowest BCUT2D eigenvalue weighted by Crippen LogP contribution is -2.32. The second kappa shape index (κ2) is 5.82. The highest BCUT2D eigenvalue weighted by Gasteiger charge is 2.19. The van der Waals surface area contributed by atoms with Crippen LogP contribution in [-0.2, 0) is 11.3 Å². The van der Waals surface area contributed by atoms with Crippen molar-refractivity contribution in [1.82, 2.24) is 5.32 Å². The van der Waals surface area contributed by atoms with Crippen LogP contribution in [0.4, 0.5) is 0 Å². The Hall–Kier alpha value is -1.35. The van der Waals surface area contributed by atoms with E-state index in [9.17, 15) is 4.79 Å². The number of hydrogen-bond donors (Lipinski definition) is 2. The number of nitrogens with one attached hydrogen (secondary N) is 1. The highest BCUT2D eigenvalue weighted by molar-refractivity contribution is 5.76. The van der Waals surface area contributed by atoms with Crippen molar-refractivity contribution >= 4 is 5.91 Å². The SMILES string of the molecule is Cc1ccc(CNC(=O)CC(C)(C)CN)cc1. The quantitative estimate of drug-likeness (QED) is 0.818. The number of benzene rings is 1. The molecular weight excluding hydrogens is 212 g/mol. The van der Waals surface area contributed by atoms with Crippen molar-refractivity contribution < 1.29 is 4.79 Å². The zero-order valence-electron chi connectivity index (χ0n) is 10.9. The maximum atomic E-state index is 11.7. The van der Waals surface area contributed by atoms with Gasteiger partial charge in [0.15, 0.2) is 0 Å². The molecule has 0 aromatic heterocycles. The Balaban J connectivity index is 2.41. The van der Waals surface area contributed by atoms with Gasteiger partial charge in [-0.3, -0.25) is 4.79 Å². The summed E-state index contributed by atoms with van der Waals surface area (Å²) in [4.78, 5) is 11.7. The Labute approximate surface area is 103 Å². The van der Waals surface area contributed by atoms with Gasteiger partial charge in [-0.25, -0.2) is 0 Å². The molecule has 17 heavy (non-hydrogen) atoms. The molecule has 3 N–H and O–H groups in total. The lowest BCUT2D eigenvalue weighted by atomic mass is 9.89. The monoisotopic (exact) mass is 234 g/mol. The van der Waals surface area contributed by atoms with Gasteiger partial charge < -0.3 is 11.1 Å². The molecule has 3 heteroatoms. The molecule has 0 atom stereocenters. The predicted octanol–water partition coefficient (Wildman–Crippen LogP) is 1.99. The molecule has 0 unspecified atom stereocenters. The van der Waals surface area contributed by atoms with Gasteiger partial charge in [0.1, 0.15) is 0 Å². The summed E-state index contributed by atoms with van der Waals surface area (Å²) in [6, 6.07) is 8.16. The van der Waals surface area contributed by atoms with Gasteiger partial charge in [-0.2, -0.15) is 0 Å². The first-order valence-electron chi connectivity index (χ1n) is 5.95. The molecule has 0 spiro atoms. The fourth-order valence-corrected chi connectivity index (χ4v) is 1.48. The topological polar surface area (TPSA) is 55.1 Å². The lowest BCUT2D eigenvalue weighted by Gasteiger charge is -2.21. The first-order chi connectivity index (χ1) is 7.93. The van der Waals surface area contributed by atoms with Crippen LogP contribution >= 0.6 is 0 Å². The Kier molecular flexibility index (Phi) is 4.70. The molecule has 0 radical (unpaired) electrons. The maximum Gasteiger partial charge on any atom is 0.220 e. The van der Waals surface area contributed by atoms with Gasteiger partial charge in [0, 0.05) is 13.0 Å². The largest absolute Gasteiger partial charge is 0.352 e. The van der Waals surface area contributed by atoms with Gasteiger partial charge in [0.2, 0.25) is 5.91 Å². The van der Waals surface area contributed by atoms with Crippen LogP contribution in [0.25, 0.3) is 0 Å². The molecule has 0 saturated heterocycles. The molecule has 0 aliphatic heterocycles. The molecule has 1 aromatic rings. The maximum absolute atomic E-state index is 11.7. The number of amides is 1. The molecule has 0 fully saturated rings. The Morgan fingerprint density at radius 3 is 2.41 bits per heavy atom. The fraction of sp³-hybridized carbons (Fsp3) is 0.500. The van der Waals surface area contributed by atoms with Crippen LogP contribution in [0.15, 0.2) is 24.3 Å². The highest BCUT2D eigenvalue weighted by Crippen LogP contribution is 2.17. The second-order valence-corrected chi connectivity index (χ2v) is 5.31. The van der Waals surface area contributed by atoms with Crippen molar-refractivity contribution in [3.8, 4) is 0 Å². The van der Waals surface area contributed by atoms with E-state index in [2.05, 4.69) is 5.32 Å². The molecule has 0 heterocycles. The average molecular weight is 234 g/mol. The molecule has 0 aliphatic rings. The number of aryl methyl sites for hydroxylation is 1. The van der Waals surface area contributed by atoms with Crippen LogP contribution < -0.4 is 11.1 Å². The Morgan fingerprint density at radius 1 is 1.29 bits per heavy atom. The van der Waals surface area contributed by atoms with E-state index >= 15 is 0 Å². The van der Waals surface area contributed by atoms with Crippen LogP contribution in [0.1, 0.15) is 31.4 Å². The first kappa shape index (κ1) is 13.7. The van der Waals surface area contributed by atoms with Gasteiger partial charge in [-0.15, -0.1) is 0 Å². The summed E-state index contributed by atoms with van der Waals surface area (Å²) < 4.78 is 0. The predicted molar refractivity (Wildman–Crippen MR) is 70.5 cm³/mol. The second-order valence-electron chi connectivity index (χ2n) is 5.31. The zero-order chi connectivity index (χ0) is 12.9. The minimum atomic E-state index is -0.128. The number of rotatable bonds is 5. The molecule has 0 saturated carbocycles. The van der Waals surface area contributed by atoms with E-state index in [1.807, 2.05) is 45.0 Å². The molecule has 1 aromatic carbocycles. The van der Waals surface area contributed by atoms with Crippen LogP contribution in [-0.4, -0.2) is 12.5 Å². The summed E-state index contributed by atoms with van der Waals surface area (Å²) in [6.07, 6.45) is 0.468. The van der Waals surface area contributed by atoms with E-state index in [1.54, 1.807) is 0 Å². The summed E-state index contributed by atoms with van der Waals surface area (Å²) in [6.45, 7) is 7.15. The first-order valence-corrected chi connectivity index (χ1v) is 5.95. The van der Waals surface area contributed by atoms with Gasteiger partial charge in [0.25, 0.3) is 0 Å². The van der Waals surface area contributed by atoms with Crippen molar-refractivity contribution in [3.63, 3.8) is 0 Å². The summed E-state index contributed by atoms with van der Waals surface area (Å²) in [5, 5.41) is 2.91. The fourth-order valence-electron chi connectivity index (χ4n) is 1.48. The Morgan fingerprint density at radius 2 is 1.88 bits per heavy atom. The van der Waals surface area contributed by atoms with Gasteiger partial charge in [0.05, 0.1) is 0 Å². The van der Waals surface area contributed by atoms with Gasteiger partial charge in [-0.05, 0) is 24.4 Å². The molecular formula is C14H22N2O. The molecule has 1 amide bonds. The number of nitrogens with two attached hydrogens (primary N) is 1. The van der Waals surface area contributed by atoms with E-state index in [-0.39, 0.29) is 11.3 Å². The normalized spacial score (nSPS) is 11.3. The van der Waals surface area contributed by atoms with E-state index in [0.717, 1.165) is 5.56 Å². The van der Waals surface area contributed by atoms with Crippen LogP contribution in [0, 0.1) is 12.3 Å². The lowest BCUT2D eigenvalue weighted by molar-refractivity contribution is -0.123. The third kappa shape index (κ3) is 5.00. The van der Waals surface area contributed by atoms with Crippen molar-refractivity contribution in [2.75, 3.05) is 6.54 Å². The van der Waals surface area contributed by atoms with E-state index in [0.29, 0.717) is 19.5 Å². The number of carbonyl (C=O) groups is 1. The van der Waals surface area contributed by atoms with E-state index in [1.165, 1.54) is 5.56 Å². The zero-order valence-corrected chi connectivity index (χ0v) is 10.9.